The summed E-state index contributed by atoms with van der Waals surface area (Å²) in [5.74, 6) is -0.0712. The normalized spacial score (nSPS) is 9.15. The number of nitrogens with one attached hydrogen (secondary N) is 1. The zero-order valence-electron chi connectivity index (χ0n) is 7.65. The van der Waals surface area contributed by atoms with E-state index in [1.54, 1.807) is 24.5 Å². The van der Waals surface area contributed by atoms with Gasteiger partial charge >= 0.3 is 0 Å². The minimum absolute atomic E-state index is 0. The first-order valence-electron chi connectivity index (χ1n) is 3.91. The van der Waals surface area contributed by atoms with Gasteiger partial charge in [0.05, 0.1) is 5.56 Å². The highest BCUT2D eigenvalue weighted by atomic mass is 35.5. The Morgan fingerprint density at radius 2 is 2.23 bits per heavy atom. The molecule has 0 spiro atoms. The zero-order valence-corrected chi connectivity index (χ0v) is 8.47. The van der Waals surface area contributed by atoms with Gasteiger partial charge in [0.15, 0.2) is 0 Å². The maximum Gasteiger partial charge on any atom is 0.253 e. The molecule has 0 atom stereocenters. The average Bonchev–Trinajstić information content (AvgIpc) is 2.05. The third-order valence-corrected chi connectivity index (χ3v) is 1.34. The van der Waals surface area contributed by atoms with Gasteiger partial charge in [-0.05, 0) is 26.0 Å². The Labute approximate surface area is 84.0 Å². The number of nitrogens with zero attached hydrogens (tertiary/aromatic N) is 1. The Hall–Kier alpha value is -1.09. The van der Waals surface area contributed by atoms with Gasteiger partial charge in [-0.15, -0.1) is 12.4 Å². The molecule has 0 bridgehead atoms. The van der Waals surface area contributed by atoms with Crippen LogP contribution in [-0.2, 0) is 0 Å². The fraction of sp³-hybridized carbons (Fsp3) is 0.333. The summed E-state index contributed by atoms with van der Waals surface area (Å²) in [6, 6.07) is 3.65. The van der Waals surface area contributed by atoms with Crippen LogP contribution in [0.5, 0.6) is 0 Å². The van der Waals surface area contributed by atoms with Crippen molar-refractivity contribution in [1.29, 1.82) is 0 Å². The third-order valence-electron chi connectivity index (χ3n) is 1.34. The lowest BCUT2D eigenvalue weighted by atomic mass is 10.2. The van der Waals surface area contributed by atoms with Crippen LogP contribution in [0, 0.1) is 0 Å². The van der Waals surface area contributed by atoms with Crippen molar-refractivity contribution in [2.75, 3.05) is 0 Å². The molecule has 0 saturated carbocycles. The van der Waals surface area contributed by atoms with E-state index in [0.717, 1.165) is 0 Å². The number of hydrogen-bond donors (Lipinski definition) is 1. The van der Waals surface area contributed by atoms with E-state index in [2.05, 4.69) is 10.3 Å². The van der Waals surface area contributed by atoms with E-state index in [1.165, 1.54) is 0 Å². The summed E-state index contributed by atoms with van der Waals surface area (Å²) < 4.78 is 0. The van der Waals surface area contributed by atoms with Crippen LogP contribution >= 0.6 is 12.4 Å². The molecule has 1 aromatic rings. The lowest BCUT2D eigenvalue weighted by Gasteiger charge is -2.06. The van der Waals surface area contributed by atoms with Gasteiger partial charge in [-0.25, -0.2) is 0 Å². The molecular weight excluding hydrogens is 188 g/mol. The second-order valence-corrected chi connectivity index (χ2v) is 2.87. The van der Waals surface area contributed by atoms with Crippen molar-refractivity contribution in [3.8, 4) is 0 Å². The average molecular weight is 201 g/mol. The fourth-order valence-electron chi connectivity index (χ4n) is 0.843. The SMILES string of the molecule is CC(C)NC(=O)c1cccnc1.Cl. The highest BCUT2D eigenvalue weighted by Gasteiger charge is 2.04. The van der Waals surface area contributed by atoms with Crippen molar-refractivity contribution in [3.63, 3.8) is 0 Å². The smallest absolute Gasteiger partial charge is 0.253 e. The molecule has 0 aromatic carbocycles. The molecule has 3 nitrogen and oxygen atoms in total. The molecule has 0 fully saturated rings. The summed E-state index contributed by atoms with van der Waals surface area (Å²) in [6.07, 6.45) is 3.20. The Kier molecular flexibility index (Phi) is 5.07. The molecule has 0 unspecified atom stereocenters. The minimum atomic E-state index is -0.0712. The quantitative estimate of drug-likeness (QED) is 0.789. The van der Waals surface area contributed by atoms with E-state index in [1.807, 2.05) is 13.8 Å². The molecule has 13 heavy (non-hydrogen) atoms. The maximum atomic E-state index is 11.3. The van der Waals surface area contributed by atoms with Crippen LogP contribution in [0.1, 0.15) is 24.2 Å². The molecule has 72 valence electrons. The number of carbonyl (C=O) groups is 1. The number of rotatable bonds is 2. The van der Waals surface area contributed by atoms with Crippen LogP contribution in [-0.4, -0.2) is 16.9 Å². The van der Waals surface area contributed by atoms with Crippen LogP contribution in [0.25, 0.3) is 0 Å². The van der Waals surface area contributed by atoms with Gasteiger partial charge in [-0.2, -0.15) is 0 Å². The number of carbonyl (C=O) groups excluding carboxylic acids is 1. The molecular formula is C9H13ClN2O. The number of pyridine rings is 1. The standard InChI is InChI=1S/C9H12N2O.ClH/c1-7(2)11-9(12)8-4-3-5-10-6-8;/h3-7H,1-2H3,(H,11,12);1H. The van der Waals surface area contributed by atoms with Crippen molar-refractivity contribution in [2.24, 2.45) is 0 Å². The van der Waals surface area contributed by atoms with Crippen molar-refractivity contribution >= 4 is 18.3 Å². The molecule has 0 aliphatic carbocycles. The molecule has 0 radical (unpaired) electrons. The van der Waals surface area contributed by atoms with Crippen LogP contribution < -0.4 is 5.32 Å². The van der Waals surface area contributed by atoms with Crippen LogP contribution in [0.4, 0.5) is 0 Å². The summed E-state index contributed by atoms with van der Waals surface area (Å²) in [5, 5.41) is 2.78. The monoisotopic (exact) mass is 200 g/mol. The van der Waals surface area contributed by atoms with Gasteiger partial charge in [-0.3, -0.25) is 9.78 Å². The molecule has 1 aromatic heterocycles. The fourth-order valence-corrected chi connectivity index (χ4v) is 0.843. The van der Waals surface area contributed by atoms with Gasteiger partial charge in [-0.1, -0.05) is 0 Å². The summed E-state index contributed by atoms with van der Waals surface area (Å²) in [6.45, 7) is 3.85. The van der Waals surface area contributed by atoms with E-state index in [-0.39, 0.29) is 24.4 Å². The first kappa shape index (κ1) is 11.9. The van der Waals surface area contributed by atoms with Gasteiger partial charge in [0, 0.05) is 18.4 Å². The Balaban J connectivity index is 0.00000144. The highest BCUT2D eigenvalue weighted by molar-refractivity contribution is 5.93. The van der Waals surface area contributed by atoms with E-state index in [0.29, 0.717) is 5.56 Å². The van der Waals surface area contributed by atoms with Gasteiger partial charge in [0.1, 0.15) is 0 Å². The molecule has 0 aliphatic rings. The predicted octanol–water partition coefficient (Wildman–Crippen LogP) is 1.64. The molecule has 0 aliphatic heterocycles. The molecule has 1 amide bonds. The number of aromatic nitrogens is 1. The maximum absolute atomic E-state index is 11.3. The first-order valence-corrected chi connectivity index (χ1v) is 3.91. The molecule has 1 N–H and O–H groups in total. The van der Waals surface area contributed by atoms with Crippen LogP contribution in [0.3, 0.4) is 0 Å². The number of hydrogen-bond acceptors (Lipinski definition) is 2. The molecule has 0 saturated heterocycles. The predicted molar refractivity (Wildman–Crippen MR) is 54.1 cm³/mol. The second-order valence-electron chi connectivity index (χ2n) is 2.87. The second kappa shape index (κ2) is 5.54. The number of amides is 1. The van der Waals surface area contributed by atoms with E-state index in [9.17, 15) is 4.79 Å². The van der Waals surface area contributed by atoms with Crippen LogP contribution in [0.15, 0.2) is 24.5 Å². The van der Waals surface area contributed by atoms with Crippen molar-refractivity contribution in [3.05, 3.63) is 30.1 Å². The highest BCUT2D eigenvalue weighted by Crippen LogP contribution is 1.95. The van der Waals surface area contributed by atoms with E-state index >= 15 is 0 Å². The van der Waals surface area contributed by atoms with Crippen molar-refractivity contribution in [2.45, 2.75) is 19.9 Å². The summed E-state index contributed by atoms with van der Waals surface area (Å²) in [7, 11) is 0. The Morgan fingerprint density at radius 1 is 1.54 bits per heavy atom. The van der Waals surface area contributed by atoms with Gasteiger partial charge in [0.2, 0.25) is 0 Å². The summed E-state index contributed by atoms with van der Waals surface area (Å²) >= 11 is 0. The largest absolute Gasteiger partial charge is 0.350 e. The topological polar surface area (TPSA) is 42.0 Å². The molecule has 4 heteroatoms. The lowest BCUT2D eigenvalue weighted by Crippen LogP contribution is -2.30. The lowest BCUT2D eigenvalue weighted by molar-refractivity contribution is 0.0943. The van der Waals surface area contributed by atoms with Gasteiger partial charge < -0.3 is 5.32 Å². The Morgan fingerprint density at radius 3 is 2.69 bits per heavy atom. The van der Waals surface area contributed by atoms with E-state index in [4.69, 9.17) is 0 Å². The third kappa shape index (κ3) is 3.90. The molecule has 1 rings (SSSR count). The minimum Gasteiger partial charge on any atom is -0.350 e. The van der Waals surface area contributed by atoms with Gasteiger partial charge in [0.25, 0.3) is 5.91 Å². The summed E-state index contributed by atoms with van der Waals surface area (Å²) in [4.78, 5) is 15.2. The number of halogens is 1. The van der Waals surface area contributed by atoms with E-state index < -0.39 is 0 Å². The van der Waals surface area contributed by atoms with Crippen LogP contribution in [0.2, 0.25) is 0 Å². The zero-order chi connectivity index (χ0) is 8.97. The molecule has 1 heterocycles. The van der Waals surface area contributed by atoms with Crippen molar-refractivity contribution in [1.82, 2.24) is 10.3 Å². The first-order chi connectivity index (χ1) is 5.70. The summed E-state index contributed by atoms with van der Waals surface area (Å²) in [5.41, 5.74) is 0.603. The Bertz CT molecular complexity index is 262. The van der Waals surface area contributed by atoms with Crippen molar-refractivity contribution < 1.29 is 4.79 Å².